The molecule has 0 spiro atoms. The summed E-state index contributed by atoms with van der Waals surface area (Å²) in [5.74, 6) is -0.280. The van der Waals surface area contributed by atoms with Crippen molar-refractivity contribution in [1.29, 1.82) is 0 Å². The van der Waals surface area contributed by atoms with Gasteiger partial charge < -0.3 is 0 Å². The Morgan fingerprint density at radius 1 is 0.950 bits per heavy atom. The van der Waals surface area contributed by atoms with E-state index in [0.29, 0.717) is 5.71 Å². The highest BCUT2D eigenvalue weighted by molar-refractivity contribution is 6.62. The number of anilines is 1. The van der Waals surface area contributed by atoms with Crippen LogP contribution in [-0.2, 0) is 4.79 Å². The number of hydrogen-bond acceptors (Lipinski definition) is 4. The van der Waals surface area contributed by atoms with Crippen LogP contribution in [0.4, 0.5) is 11.4 Å². The summed E-state index contributed by atoms with van der Waals surface area (Å²) in [6, 6.07) is 18.7. The van der Waals surface area contributed by atoms with Crippen molar-refractivity contribution in [2.45, 2.75) is 0 Å². The second-order valence-corrected chi connectivity index (χ2v) is 4.17. The molecule has 0 atom stereocenters. The molecule has 20 heavy (non-hydrogen) atoms. The fourth-order valence-electron chi connectivity index (χ4n) is 1.76. The fraction of sp³-hybridized carbons (Fsp3) is 0. The van der Waals surface area contributed by atoms with Gasteiger partial charge in [0.25, 0.3) is 0 Å². The maximum atomic E-state index is 12.1. The topological polar surface area (TPSA) is 57.1 Å². The number of nitrogens with zero attached hydrogens (tertiary/aromatic N) is 3. The molecule has 0 aromatic heterocycles. The average molecular weight is 264 g/mol. The third kappa shape index (κ3) is 2.56. The van der Waals surface area contributed by atoms with Crippen LogP contribution >= 0.6 is 0 Å². The Morgan fingerprint density at radius 2 is 1.60 bits per heavy atom. The highest BCUT2D eigenvalue weighted by Crippen LogP contribution is 2.14. The first-order chi connectivity index (χ1) is 9.83. The average Bonchev–Trinajstić information content (AvgIpc) is 2.83. The van der Waals surface area contributed by atoms with E-state index in [1.165, 1.54) is 11.3 Å². The van der Waals surface area contributed by atoms with Gasteiger partial charge in [-0.1, -0.05) is 36.4 Å². The molecule has 0 radical (unpaired) electrons. The molecule has 0 saturated carbocycles. The van der Waals surface area contributed by atoms with E-state index in [1.54, 1.807) is 0 Å². The van der Waals surface area contributed by atoms with E-state index < -0.39 is 0 Å². The van der Waals surface area contributed by atoms with Crippen molar-refractivity contribution < 1.29 is 4.79 Å². The summed E-state index contributed by atoms with van der Waals surface area (Å²) in [5.41, 5.74) is 4.73. The minimum absolute atomic E-state index is 0.280. The van der Waals surface area contributed by atoms with E-state index in [9.17, 15) is 4.79 Å². The zero-order valence-corrected chi connectivity index (χ0v) is 10.6. The second kappa shape index (κ2) is 5.36. The Bertz CT molecular complexity index is 665. The number of aliphatic imine (C=N–C) groups is 1. The first kappa shape index (κ1) is 12.1. The third-order valence-corrected chi connectivity index (χ3v) is 2.72. The van der Waals surface area contributed by atoms with Crippen LogP contribution in [0, 0.1) is 0 Å². The predicted octanol–water partition coefficient (Wildman–Crippen LogP) is 2.61. The largest absolute Gasteiger partial charge is 0.313 e. The third-order valence-electron chi connectivity index (χ3n) is 2.72. The molecule has 0 saturated heterocycles. The Morgan fingerprint density at radius 3 is 2.30 bits per heavy atom. The molecular formula is C15H12N4O. The summed E-state index contributed by atoms with van der Waals surface area (Å²) in [4.78, 5) is 16.4. The molecule has 1 N–H and O–H groups in total. The Labute approximate surface area is 116 Å². The standard InChI is InChI=1S/C15H12N4O/c20-15-14(17-12-7-3-1-4-8-12)11-16-19(15)18-13-9-5-2-6-10-13/h1-11,18H. The van der Waals surface area contributed by atoms with Gasteiger partial charge in [-0.3, -0.25) is 10.2 Å². The second-order valence-electron chi connectivity index (χ2n) is 4.17. The molecule has 1 heterocycles. The van der Waals surface area contributed by atoms with Crippen LogP contribution in [-0.4, -0.2) is 23.0 Å². The Balaban J connectivity index is 1.75. The van der Waals surface area contributed by atoms with E-state index in [-0.39, 0.29) is 5.91 Å². The van der Waals surface area contributed by atoms with Gasteiger partial charge in [-0.15, -0.1) is 5.12 Å². The minimum atomic E-state index is -0.280. The molecule has 0 bridgehead atoms. The monoisotopic (exact) mass is 264 g/mol. The summed E-state index contributed by atoms with van der Waals surface area (Å²) in [7, 11) is 0. The summed E-state index contributed by atoms with van der Waals surface area (Å²) in [6.45, 7) is 0. The maximum Gasteiger partial charge on any atom is 0.313 e. The van der Waals surface area contributed by atoms with Crippen LogP contribution in [0.3, 0.4) is 0 Å². The molecule has 5 nitrogen and oxygen atoms in total. The SMILES string of the molecule is O=C1C(=Nc2ccccc2)C=NN1Nc1ccccc1. The molecule has 1 aliphatic rings. The molecule has 2 aromatic rings. The van der Waals surface area contributed by atoms with Crippen molar-refractivity contribution >= 4 is 29.2 Å². The van der Waals surface area contributed by atoms with Crippen LogP contribution in [0.1, 0.15) is 0 Å². The molecule has 1 amide bonds. The summed E-state index contributed by atoms with van der Waals surface area (Å²) < 4.78 is 0. The number of benzene rings is 2. The minimum Gasteiger partial charge on any atom is -0.275 e. The van der Waals surface area contributed by atoms with Crippen LogP contribution in [0.2, 0.25) is 0 Å². The maximum absolute atomic E-state index is 12.1. The number of para-hydroxylation sites is 2. The van der Waals surface area contributed by atoms with Gasteiger partial charge in [0.2, 0.25) is 0 Å². The molecule has 0 aliphatic carbocycles. The van der Waals surface area contributed by atoms with Gasteiger partial charge in [0.05, 0.1) is 17.6 Å². The quantitative estimate of drug-likeness (QED) is 0.926. The molecule has 3 rings (SSSR count). The zero-order valence-electron chi connectivity index (χ0n) is 10.6. The Kier molecular flexibility index (Phi) is 3.24. The summed E-state index contributed by atoms with van der Waals surface area (Å²) in [5, 5.41) is 5.18. The van der Waals surface area contributed by atoms with Crippen LogP contribution < -0.4 is 5.43 Å². The molecule has 2 aromatic carbocycles. The van der Waals surface area contributed by atoms with E-state index in [0.717, 1.165) is 11.4 Å². The first-order valence-corrected chi connectivity index (χ1v) is 6.17. The number of rotatable bonds is 3. The lowest BCUT2D eigenvalue weighted by Crippen LogP contribution is -2.31. The van der Waals surface area contributed by atoms with Crippen LogP contribution in [0.5, 0.6) is 0 Å². The number of carbonyl (C=O) groups is 1. The fourth-order valence-corrected chi connectivity index (χ4v) is 1.76. The highest BCUT2D eigenvalue weighted by Gasteiger charge is 2.24. The highest BCUT2D eigenvalue weighted by atomic mass is 16.2. The number of hydrazine groups is 1. The van der Waals surface area contributed by atoms with Crippen molar-refractivity contribution in [2.24, 2.45) is 10.1 Å². The summed E-state index contributed by atoms with van der Waals surface area (Å²) >= 11 is 0. The molecule has 1 aliphatic heterocycles. The number of amides is 1. The predicted molar refractivity (Wildman–Crippen MR) is 78.9 cm³/mol. The number of hydrogen-bond donors (Lipinski definition) is 1. The molecule has 0 unspecified atom stereocenters. The first-order valence-electron chi connectivity index (χ1n) is 6.17. The number of carbonyl (C=O) groups excluding carboxylic acids is 1. The zero-order chi connectivity index (χ0) is 13.8. The van der Waals surface area contributed by atoms with Gasteiger partial charge in [-0.25, -0.2) is 4.99 Å². The van der Waals surface area contributed by atoms with E-state index >= 15 is 0 Å². The molecule has 5 heteroatoms. The van der Waals surface area contributed by atoms with Crippen molar-refractivity contribution in [1.82, 2.24) is 5.12 Å². The number of hydrazone groups is 1. The van der Waals surface area contributed by atoms with Crippen molar-refractivity contribution in [3.05, 3.63) is 60.7 Å². The molecule has 0 fully saturated rings. The lowest BCUT2D eigenvalue weighted by Gasteiger charge is -2.13. The normalized spacial score (nSPS) is 15.9. The van der Waals surface area contributed by atoms with Crippen LogP contribution in [0.25, 0.3) is 0 Å². The van der Waals surface area contributed by atoms with Gasteiger partial charge in [0.1, 0.15) is 0 Å². The van der Waals surface area contributed by atoms with E-state index in [4.69, 9.17) is 0 Å². The summed E-state index contributed by atoms with van der Waals surface area (Å²) in [6.07, 6.45) is 1.45. The van der Waals surface area contributed by atoms with Crippen molar-refractivity contribution in [3.8, 4) is 0 Å². The lowest BCUT2D eigenvalue weighted by atomic mass is 10.3. The molecule has 98 valence electrons. The lowest BCUT2D eigenvalue weighted by molar-refractivity contribution is -0.122. The van der Waals surface area contributed by atoms with Gasteiger partial charge in [0, 0.05) is 0 Å². The van der Waals surface area contributed by atoms with Crippen LogP contribution in [0.15, 0.2) is 70.8 Å². The van der Waals surface area contributed by atoms with E-state index in [1.807, 2.05) is 60.7 Å². The number of nitrogens with one attached hydrogen (secondary N) is 1. The van der Waals surface area contributed by atoms with Gasteiger partial charge in [0.15, 0.2) is 5.71 Å². The smallest absolute Gasteiger partial charge is 0.275 e. The molecular weight excluding hydrogens is 252 g/mol. The van der Waals surface area contributed by atoms with Gasteiger partial charge in [-0.05, 0) is 24.3 Å². The van der Waals surface area contributed by atoms with E-state index in [2.05, 4.69) is 15.5 Å². The van der Waals surface area contributed by atoms with Gasteiger partial charge in [-0.2, -0.15) is 5.10 Å². The van der Waals surface area contributed by atoms with Crippen molar-refractivity contribution in [2.75, 3.05) is 5.43 Å². The van der Waals surface area contributed by atoms with Crippen molar-refractivity contribution in [3.63, 3.8) is 0 Å². The Hall–Kier alpha value is -2.95. The van der Waals surface area contributed by atoms with Gasteiger partial charge >= 0.3 is 5.91 Å².